The monoisotopic (exact) mass is 269 g/mol. The van der Waals surface area contributed by atoms with Crippen LogP contribution in [0.15, 0.2) is 36.5 Å². The van der Waals surface area contributed by atoms with Crippen LogP contribution in [0.2, 0.25) is 0 Å². The minimum atomic E-state index is -1.45. The summed E-state index contributed by atoms with van der Waals surface area (Å²) in [7, 11) is 0. The number of halogens is 1. The molecule has 0 aliphatic rings. The number of rotatable bonds is 3. The van der Waals surface area contributed by atoms with Gasteiger partial charge in [0.05, 0.1) is 22.6 Å². The van der Waals surface area contributed by atoms with Crippen LogP contribution in [0.25, 0.3) is 0 Å². The molecule has 102 valence electrons. The van der Waals surface area contributed by atoms with Gasteiger partial charge in [0, 0.05) is 6.20 Å². The van der Waals surface area contributed by atoms with E-state index in [2.05, 4.69) is 16.4 Å². The largest absolute Gasteiger partial charge is 0.353 e. The SMILES string of the molecule is Cc1ncccc1Nc1cc(C(C)(C)F)ccc1C#N. The van der Waals surface area contributed by atoms with Crippen molar-refractivity contribution in [3.63, 3.8) is 0 Å². The van der Waals surface area contributed by atoms with Crippen LogP contribution in [0.5, 0.6) is 0 Å². The molecule has 3 nitrogen and oxygen atoms in total. The second kappa shape index (κ2) is 5.30. The van der Waals surface area contributed by atoms with Crippen molar-refractivity contribution in [2.75, 3.05) is 5.32 Å². The minimum Gasteiger partial charge on any atom is -0.353 e. The molecular formula is C16H16FN3. The molecule has 0 unspecified atom stereocenters. The number of nitrogens with one attached hydrogen (secondary N) is 1. The Balaban J connectivity index is 2.45. The van der Waals surface area contributed by atoms with Crippen molar-refractivity contribution in [1.82, 2.24) is 4.98 Å². The van der Waals surface area contributed by atoms with Crippen LogP contribution in [-0.4, -0.2) is 4.98 Å². The number of nitrogens with zero attached hydrogens (tertiary/aromatic N) is 2. The van der Waals surface area contributed by atoms with E-state index < -0.39 is 5.67 Å². The Labute approximate surface area is 118 Å². The maximum atomic E-state index is 14.0. The number of pyridine rings is 1. The first-order chi connectivity index (χ1) is 9.41. The van der Waals surface area contributed by atoms with Gasteiger partial charge < -0.3 is 5.32 Å². The lowest BCUT2D eigenvalue weighted by Gasteiger charge is -2.17. The van der Waals surface area contributed by atoms with Gasteiger partial charge in [-0.2, -0.15) is 5.26 Å². The summed E-state index contributed by atoms with van der Waals surface area (Å²) < 4.78 is 14.0. The molecule has 2 rings (SSSR count). The van der Waals surface area contributed by atoms with Gasteiger partial charge in [-0.05, 0) is 50.6 Å². The molecule has 1 N–H and O–H groups in total. The lowest BCUT2D eigenvalue weighted by molar-refractivity contribution is 0.221. The average Bonchev–Trinajstić information content (AvgIpc) is 2.40. The maximum Gasteiger partial charge on any atom is 0.130 e. The molecule has 20 heavy (non-hydrogen) atoms. The third-order valence-electron chi connectivity index (χ3n) is 3.10. The molecule has 4 heteroatoms. The van der Waals surface area contributed by atoms with Crippen molar-refractivity contribution in [2.45, 2.75) is 26.4 Å². The van der Waals surface area contributed by atoms with Gasteiger partial charge in [0.15, 0.2) is 0 Å². The predicted molar refractivity (Wildman–Crippen MR) is 77.5 cm³/mol. The lowest BCUT2D eigenvalue weighted by Crippen LogP contribution is -2.10. The molecule has 1 aromatic carbocycles. The molecule has 0 fully saturated rings. The molecular weight excluding hydrogens is 253 g/mol. The molecule has 0 amide bonds. The number of anilines is 2. The van der Waals surface area contributed by atoms with Crippen LogP contribution in [0, 0.1) is 18.3 Å². The normalized spacial score (nSPS) is 10.9. The van der Waals surface area contributed by atoms with E-state index in [1.165, 1.54) is 13.8 Å². The van der Waals surface area contributed by atoms with Crippen molar-refractivity contribution in [3.05, 3.63) is 53.3 Å². The Kier molecular flexibility index (Phi) is 3.71. The highest BCUT2D eigenvalue weighted by Gasteiger charge is 2.20. The maximum absolute atomic E-state index is 14.0. The zero-order valence-electron chi connectivity index (χ0n) is 11.7. The first-order valence-electron chi connectivity index (χ1n) is 6.34. The van der Waals surface area contributed by atoms with Gasteiger partial charge in [-0.25, -0.2) is 4.39 Å². The van der Waals surface area contributed by atoms with Crippen molar-refractivity contribution in [3.8, 4) is 6.07 Å². The van der Waals surface area contributed by atoms with Gasteiger partial charge in [0.25, 0.3) is 0 Å². The zero-order chi connectivity index (χ0) is 14.8. The minimum absolute atomic E-state index is 0.473. The van der Waals surface area contributed by atoms with E-state index in [4.69, 9.17) is 5.26 Å². The van der Waals surface area contributed by atoms with Crippen LogP contribution in [-0.2, 0) is 5.67 Å². The van der Waals surface area contributed by atoms with Gasteiger partial charge in [-0.15, -0.1) is 0 Å². The Morgan fingerprint density at radius 1 is 1.25 bits per heavy atom. The molecule has 0 aliphatic heterocycles. The van der Waals surface area contributed by atoms with Crippen LogP contribution in [0.3, 0.4) is 0 Å². The fourth-order valence-corrected chi connectivity index (χ4v) is 1.88. The van der Waals surface area contributed by atoms with Gasteiger partial charge >= 0.3 is 0 Å². The quantitative estimate of drug-likeness (QED) is 0.908. The first-order valence-corrected chi connectivity index (χ1v) is 6.34. The van der Waals surface area contributed by atoms with E-state index in [1.54, 1.807) is 24.4 Å². The number of alkyl halides is 1. The van der Waals surface area contributed by atoms with Crippen molar-refractivity contribution < 1.29 is 4.39 Å². The van der Waals surface area contributed by atoms with Crippen LogP contribution >= 0.6 is 0 Å². The number of benzene rings is 1. The Morgan fingerprint density at radius 2 is 2.00 bits per heavy atom. The second-order valence-electron chi connectivity index (χ2n) is 5.11. The zero-order valence-corrected chi connectivity index (χ0v) is 11.7. The van der Waals surface area contributed by atoms with E-state index in [1.807, 2.05) is 19.1 Å². The summed E-state index contributed by atoms with van der Waals surface area (Å²) in [6.07, 6.45) is 1.70. The third-order valence-corrected chi connectivity index (χ3v) is 3.10. The van der Waals surface area contributed by atoms with Crippen molar-refractivity contribution in [1.29, 1.82) is 5.26 Å². The summed E-state index contributed by atoms with van der Waals surface area (Å²) in [6.45, 7) is 4.86. The molecule has 2 aromatic rings. The number of hydrogen-bond acceptors (Lipinski definition) is 3. The third kappa shape index (κ3) is 2.94. The van der Waals surface area contributed by atoms with Gasteiger partial charge in [0.1, 0.15) is 11.7 Å². The summed E-state index contributed by atoms with van der Waals surface area (Å²) >= 11 is 0. The van der Waals surface area contributed by atoms with E-state index in [0.29, 0.717) is 16.8 Å². The second-order valence-corrected chi connectivity index (χ2v) is 5.11. The molecule has 0 radical (unpaired) electrons. The van der Waals surface area contributed by atoms with E-state index in [0.717, 1.165) is 11.4 Å². The Morgan fingerprint density at radius 3 is 2.60 bits per heavy atom. The van der Waals surface area contributed by atoms with Crippen molar-refractivity contribution in [2.24, 2.45) is 0 Å². The number of hydrogen-bond donors (Lipinski definition) is 1. The fraction of sp³-hybridized carbons (Fsp3) is 0.250. The number of nitriles is 1. The summed E-state index contributed by atoms with van der Waals surface area (Å²) in [5.74, 6) is 0. The Bertz CT molecular complexity index is 666. The molecule has 0 spiro atoms. The topological polar surface area (TPSA) is 48.7 Å². The van der Waals surface area contributed by atoms with E-state index >= 15 is 0 Å². The van der Waals surface area contributed by atoms with Crippen LogP contribution in [0.1, 0.15) is 30.7 Å². The fourth-order valence-electron chi connectivity index (χ4n) is 1.88. The molecule has 0 saturated carbocycles. The van der Waals surface area contributed by atoms with Gasteiger partial charge in [0.2, 0.25) is 0 Å². The molecule has 1 heterocycles. The average molecular weight is 269 g/mol. The molecule has 0 aliphatic carbocycles. The summed E-state index contributed by atoms with van der Waals surface area (Å²) in [5.41, 5.74) is 1.77. The van der Waals surface area contributed by atoms with Crippen LogP contribution in [0.4, 0.5) is 15.8 Å². The highest BCUT2D eigenvalue weighted by Crippen LogP contribution is 2.30. The lowest BCUT2D eigenvalue weighted by atomic mass is 9.98. The van der Waals surface area contributed by atoms with Crippen molar-refractivity contribution >= 4 is 11.4 Å². The number of aryl methyl sites for hydroxylation is 1. The van der Waals surface area contributed by atoms with Gasteiger partial charge in [-0.3, -0.25) is 4.98 Å². The van der Waals surface area contributed by atoms with Gasteiger partial charge in [-0.1, -0.05) is 6.07 Å². The molecule has 0 bridgehead atoms. The summed E-state index contributed by atoms with van der Waals surface area (Å²) in [5, 5.41) is 12.3. The summed E-state index contributed by atoms with van der Waals surface area (Å²) in [6, 6.07) is 10.7. The standard InChI is InChI=1S/C16H16FN3/c1-11-14(5-4-8-19-11)20-15-9-13(16(2,3)17)7-6-12(15)10-18/h4-9,20H,1-3H3. The Hall–Kier alpha value is -2.41. The smallest absolute Gasteiger partial charge is 0.130 e. The molecule has 0 saturated heterocycles. The summed E-state index contributed by atoms with van der Waals surface area (Å²) in [4.78, 5) is 4.18. The van der Waals surface area contributed by atoms with E-state index in [-0.39, 0.29) is 0 Å². The molecule has 0 atom stereocenters. The van der Waals surface area contributed by atoms with Crippen LogP contribution < -0.4 is 5.32 Å². The number of aromatic nitrogens is 1. The first kappa shape index (κ1) is 14.0. The molecule has 1 aromatic heterocycles. The predicted octanol–water partition coefficient (Wildman–Crippen LogP) is 4.21. The highest BCUT2D eigenvalue weighted by atomic mass is 19.1. The highest BCUT2D eigenvalue weighted by molar-refractivity contribution is 5.68. The van der Waals surface area contributed by atoms with E-state index in [9.17, 15) is 4.39 Å².